The minimum Gasteiger partial charge on any atom is -0.296 e. The fourth-order valence-electron chi connectivity index (χ4n) is 1.33. The van der Waals surface area contributed by atoms with Gasteiger partial charge >= 0.3 is 0 Å². The van der Waals surface area contributed by atoms with Gasteiger partial charge in [-0.25, -0.2) is 4.98 Å². The Morgan fingerprint density at radius 3 is 2.58 bits per heavy atom. The van der Waals surface area contributed by atoms with E-state index >= 15 is 0 Å². The second-order valence-electron chi connectivity index (χ2n) is 5.09. The van der Waals surface area contributed by atoms with Crippen LogP contribution < -0.4 is 5.32 Å². The number of anilines is 1. The average Bonchev–Trinajstić information content (AvgIpc) is 2.96. The first-order valence-electron chi connectivity index (χ1n) is 6.00. The van der Waals surface area contributed by atoms with Crippen LogP contribution in [0.5, 0.6) is 0 Å². The zero-order valence-electron chi connectivity index (χ0n) is 11.4. The van der Waals surface area contributed by atoms with Gasteiger partial charge in [0.2, 0.25) is 5.13 Å². The van der Waals surface area contributed by atoms with Crippen molar-refractivity contribution >= 4 is 33.7 Å². The highest BCUT2D eigenvalue weighted by atomic mass is 32.1. The Balaban J connectivity index is 2.10. The van der Waals surface area contributed by atoms with Gasteiger partial charge in [-0.15, -0.1) is 21.5 Å². The number of aryl methyl sites for hydroxylation is 1. The quantitative estimate of drug-likeness (QED) is 0.945. The van der Waals surface area contributed by atoms with Gasteiger partial charge in [0.15, 0.2) is 0 Å². The second kappa shape index (κ2) is 5.34. The maximum atomic E-state index is 12.1. The van der Waals surface area contributed by atoms with E-state index in [4.69, 9.17) is 0 Å². The number of carbonyl (C=O) groups excluding carboxylic acids is 1. The molecule has 2 rings (SSSR count). The van der Waals surface area contributed by atoms with Crippen LogP contribution in [0.1, 0.15) is 47.4 Å². The molecular formula is C12H16N4OS2. The molecule has 0 aromatic carbocycles. The Kier molecular flexibility index (Phi) is 3.96. The van der Waals surface area contributed by atoms with E-state index in [9.17, 15) is 4.79 Å². The minimum absolute atomic E-state index is 0.0404. The van der Waals surface area contributed by atoms with Crippen LogP contribution in [0.15, 0.2) is 6.20 Å². The number of nitrogens with zero attached hydrogens (tertiary/aromatic N) is 3. The molecule has 0 spiro atoms. The van der Waals surface area contributed by atoms with Crippen molar-refractivity contribution in [3.63, 3.8) is 0 Å². The largest absolute Gasteiger partial charge is 0.296 e. The molecule has 0 atom stereocenters. The van der Waals surface area contributed by atoms with Crippen molar-refractivity contribution in [1.29, 1.82) is 0 Å². The van der Waals surface area contributed by atoms with E-state index in [1.165, 1.54) is 22.7 Å². The summed E-state index contributed by atoms with van der Waals surface area (Å²) in [5, 5.41) is 13.0. The summed E-state index contributed by atoms with van der Waals surface area (Å²) in [7, 11) is 0. The minimum atomic E-state index is -0.174. The van der Waals surface area contributed by atoms with E-state index in [0.717, 1.165) is 16.4 Å². The van der Waals surface area contributed by atoms with Crippen molar-refractivity contribution in [2.75, 3.05) is 5.32 Å². The summed E-state index contributed by atoms with van der Waals surface area (Å²) in [5.41, 5.74) is -0.0404. The summed E-state index contributed by atoms with van der Waals surface area (Å²) in [6.07, 6.45) is 2.44. The molecule has 2 heterocycles. The lowest BCUT2D eigenvalue weighted by Gasteiger charge is -2.13. The third-order valence-corrected chi connectivity index (χ3v) is 4.77. The predicted molar refractivity (Wildman–Crippen MR) is 78.1 cm³/mol. The average molecular weight is 296 g/mol. The van der Waals surface area contributed by atoms with Gasteiger partial charge in [-0.05, 0) is 6.42 Å². The number of thiazole rings is 1. The number of hydrogen-bond acceptors (Lipinski definition) is 6. The molecule has 0 unspecified atom stereocenters. The molecule has 19 heavy (non-hydrogen) atoms. The molecule has 0 radical (unpaired) electrons. The summed E-state index contributed by atoms with van der Waals surface area (Å²) >= 11 is 2.81. The van der Waals surface area contributed by atoms with Crippen molar-refractivity contribution in [2.24, 2.45) is 0 Å². The van der Waals surface area contributed by atoms with Gasteiger partial charge in [0, 0.05) is 5.41 Å². The van der Waals surface area contributed by atoms with Crippen molar-refractivity contribution in [3.8, 4) is 0 Å². The Morgan fingerprint density at radius 2 is 2.05 bits per heavy atom. The summed E-state index contributed by atoms with van der Waals surface area (Å²) in [4.78, 5) is 16.9. The molecule has 1 N–H and O–H groups in total. The number of amides is 1. The van der Waals surface area contributed by atoms with Crippen LogP contribution >= 0.6 is 22.7 Å². The lowest BCUT2D eigenvalue weighted by molar-refractivity contribution is 0.103. The van der Waals surface area contributed by atoms with Gasteiger partial charge in [-0.1, -0.05) is 39.0 Å². The smallest absolute Gasteiger partial charge is 0.269 e. The van der Waals surface area contributed by atoms with Crippen LogP contribution in [-0.4, -0.2) is 21.1 Å². The molecule has 0 saturated heterocycles. The van der Waals surface area contributed by atoms with Crippen LogP contribution in [0.25, 0.3) is 0 Å². The molecule has 102 valence electrons. The number of carbonyl (C=O) groups is 1. The number of rotatable bonds is 3. The highest BCUT2D eigenvalue weighted by molar-refractivity contribution is 7.16. The molecule has 7 heteroatoms. The number of nitrogens with one attached hydrogen (secondary N) is 1. The SMILES string of the molecule is CCc1nnc(NC(=O)c2cnc(C(C)(C)C)s2)s1. The van der Waals surface area contributed by atoms with Gasteiger partial charge in [0.25, 0.3) is 5.91 Å². The molecule has 2 aromatic rings. The molecule has 0 saturated carbocycles. The van der Waals surface area contributed by atoms with Gasteiger partial charge in [0.1, 0.15) is 9.88 Å². The number of aromatic nitrogens is 3. The fraction of sp³-hybridized carbons (Fsp3) is 0.500. The summed E-state index contributed by atoms with van der Waals surface area (Å²) in [6, 6.07) is 0. The Bertz CT molecular complexity index is 583. The number of hydrogen-bond donors (Lipinski definition) is 1. The summed E-state index contributed by atoms with van der Waals surface area (Å²) in [5.74, 6) is -0.174. The molecule has 2 aromatic heterocycles. The molecule has 1 amide bonds. The van der Waals surface area contributed by atoms with Crippen LogP contribution in [0, 0.1) is 0 Å². The molecule has 5 nitrogen and oxygen atoms in total. The lowest BCUT2D eigenvalue weighted by atomic mass is 9.98. The summed E-state index contributed by atoms with van der Waals surface area (Å²) in [6.45, 7) is 8.23. The Labute approximate surface area is 120 Å². The molecule has 0 aliphatic carbocycles. The molecule has 0 fully saturated rings. The van der Waals surface area contributed by atoms with Crippen LogP contribution in [0.2, 0.25) is 0 Å². The first-order chi connectivity index (χ1) is 8.90. The first kappa shape index (κ1) is 14.1. The zero-order chi connectivity index (χ0) is 14.0. The van der Waals surface area contributed by atoms with E-state index in [1.807, 2.05) is 6.92 Å². The van der Waals surface area contributed by atoms with E-state index < -0.39 is 0 Å². The topological polar surface area (TPSA) is 67.8 Å². The van der Waals surface area contributed by atoms with E-state index in [1.54, 1.807) is 6.20 Å². The zero-order valence-corrected chi connectivity index (χ0v) is 13.0. The molecule has 0 aliphatic heterocycles. The van der Waals surface area contributed by atoms with Crippen LogP contribution in [0.3, 0.4) is 0 Å². The maximum Gasteiger partial charge on any atom is 0.269 e. The van der Waals surface area contributed by atoms with Crippen LogP contribution in [-0.2, 0) is 11.8 Å². The van der Waals surface area contributed by atoms with E-state index in [0.29, 0.717) is 10.0 Å². The standard InChI is InChI=1S/C12H16N4OS2/c1-5-8-15-16-11(19-8)14-9(17)7-6-13-10(18-7)12(2,3)4/h6H,5H2,1-4H3,(H,14,16,17). The van der Waals surface area contributed by atoms with Gasteiger partial charge < -0.3 is 0 Å². The summed E-state index contributed by atoms with van der Waals surface area (Å²) < 4.78 is 0. The van der Waals surface area contributed by atoms with Crippen molar-refractivity contribution < 1.29 is 4.79 Å². The highest BCUT2D eigenvalue weighted by Crippen LogP contribution is 2.27. The fourth-order valence-corrected chi connectivity index (χ4v) is 2.88. The normalized spacial score (nSPS) is 11.6. The lowest BCUT2D eigenvalue weighted by Crippen LogP contribution is -2.10. The molecular weight excluding hydrogens is 280 g/mol. The monoisotopic (exact) mass is 296 g/mol. The van der Waals surface area contributed by atoms with E-state index in [-0.39, 0.29) is 11.3 Å². The first-order valence-corrected chi connectivity index (χ1v) is 7.63. The highest BCUT2D eigenvalue weighted by Gasteiger charge is 2.20. The third kappa shape index (κ3) is 3.36. The molecule has 0 bridgehead atoms. The maximum absolute atomic E-state index is 12.1. The van der Waals surface area contributed by atoms with E-state index in [2.05, 4.69) is 41.3 Å². The van der Waals surface area contributed by atoms with Crippen molar-refractivity contribution in [3.05, 3.63) is 21.1 Å². The van der Waals surface area contributed by atoms with Crippen LogP contribution in [0.4, 0.5) is 5.13 Å². The Hall–Kier alpha value is -1.34. The van der Waals surface area contributed by atoms with Crippen molar-refractivity contribution in [1.82, 2.24) is 15.2 Å². The molecule has 0 aliphatic rings. The van der Waals surface area contributed by atoms with Crippen molar-refractivity contribution in [2.45, 2.75) is 39.5 Å². The van der Waals surface area contributed by atoms with Gasteiger partial charge in [0.05, 0.1) is 11.2 Å². The predicted octanol–water partition coefficient (Wildman–Crippen LogP) is 3.11. The van der Waals surface area contributed by atoms with Gasteiger partial charge in [-0.2, -0.15) is 0 Å². The van der Waals surface area contributed by atoms with Gasteiger partial charge in [-0.3, -0.25) is 10.1 Å². The second-order valence-corrected chi connectivity index (χ2v) is 7.18. The Morgan fingerprint density at radius 1 is 1.32 bits per heavy atom. The third-order valence-electron chi connectivity index (χ3n) is 2.36.